The predicted molar refractivity (Wildman–Crippen MR) is 480 cm³/mol. The summed E-state index contributed by atoms with van der Waals surface area (Å²) in [6, 6.07) is 67.0. The van der Waals surface area contributed by atoms with E-state index < -0.39 is 161 Å². The molecular weight excluding hydrogens is 1850 g/mol. The number of fused-ring (bicyclic) bond motifs is 8. The quantitative estimate of drug-likeness (QED) is 0.0423. The number of aromatic amines is 2. The molecule has 19 aromatic rings. The Balaban J connectivity index is 0.710. The molecule has 2 aliphatic rings. The number of H-pyrrole nitrogens is 2. The first-order valence-electron chi connectivity index (χ1n) is 42.3. The van der Waals surface area contributed by atoms with Gasteiger partial charge in [0.2, 0.25) is 23.3 Å². The number of benzene rings is 12. The molecule has 16 nitrogen and oxygen atoms in total. The summed E-state index contributed by atoms with van der Waals surface area (Å²) < 4.78 is 300. The van der Waals surface area contributed by atoms with Crippen molar-refractivity contribution < 1.29 is 87.8 Å². The average Bonchev–Trinajstić information content (AvgIpc) is 1.58. The number of nitrogens with one attached hydrogen (secondary N) is 2. The zero-order valence-electron chi connectivity index (χ0n) is 71.1. The second kappa shape index (κ2) is 35.6. The summed E-state index contributed by atoms with van der Waals surface area (Å²) in [5, 5.41) is 30.9. The number of hydrogen-bond acceptors (Lipinski definition) is 10. The summed E-state index contributed by atoms with van der Waals surface area (Å²) in [6.45, 7) is -1.04. The van der Waals surface area contributed by atoms with E-state index in [9.17, 15) is 52.7 Å². The van der Waals surface area contributed by atoms with Crippen LogP contribution in [0.2, 0.25) is 0 Å². The van der Waals surface area contributed by atoms with E-state index in [1.54, 1.807) is 60.7 Å². The lowest BCUT2D eigenvalue weighted by Gasteiger charge is -2.14. The summed E-state index contributed by atoms with van der Waals surface area (Å²) in [5.41, 5.74) is 8.15. The molecule has 8 bridgehead atoms. The lowest BCUT2D eigenvalue weighted by atomic mass is 9.94. The molecule has 690 valence electrons. The minimum atomic E-state index is -2.39. The molecule has 140 heavy (non-hydrogen) atoms. The Hall–Kier alpha value is -17.6. The largest absolute Gasteiger partial charge is 0.354 e. The highest BCUT2D eigenvalue weighted by molar-refractivity contribution is 6.01. The van der Waals surface area contributed by atoms with Crippen molar-refractivity contribution >= 4 is 46.4 Å². The lowest BCUT2D eigenvalue weighted by Crippen LogP contribution is -2.05. The third-order valence-corrected chi connectivity index (χ3v) is 24.0. The van der Waals surface area contributed by atoms with Crippen molar-refractivity contribution in [2.75, 3.05) is 0 Å². The smallest absolute Gasteiger partial charge is 0.200 e. The summed E-state index contributed by atoms with van der Waals surface area (Å²) in [5.74, 6) is -44.5. The highest BCUT2D eigenvalue weighted by Gasteiger charge is 2.35. The zero-order valence-corrected chi connectivity index (χ0v) is 71.1. The van der Waals surface area contributed by atoms with Crippen LogP contribution in [0.25, 0.3) is 180 Å². The summed E-state index contributed by atoms with van der Waals surface area (Å²) in [7, 11) is 0. The van der Waals surface area contributed by atoms with E-state index in [0.717, 1.165) is 71.3 Å². The summed E-state index contributed by atoms with van der Waals surface area (Å²) in [6.07, 6.45) is 11.3. The van der Waals surface area contributed by atoms with E-state index in [-0.39, 0.29) is 26.2 Å². The third-order valence-electron chi connectivity index (χ3n) is 24.0. The van der Waals surface area contributed by atoms with Gasteiger partial charge in [0.05, 0.1) is 96.0 Å². The molecule has 0 fully saturated rings. The van der Waals surface area contributed by atoms with E-state index in [0.29, 0.717) is 128 Å². The van der Waals surface area contributed by atoms with Gasteiger partial charge in [-0.05, 0) is 150 Å². The van der Waals surface area contributed by atoms with Gasteiger partial charge in [-0.2, -0.15) is 0 Å². The molecule has 0 aliphatic carbocycles. The minimum absolute atomic E-state index is 0.244. The van der Waals surface area contributed by atoms with Gasteiger partial charge < -0.3 is 9.97 Å². The van der Waals surface area contributed by atoms with Crippen molar-refractivity contribution in [2.45, 2.75) is 26.2 Å². The maximum absolute atomic E-state index is 15.3. The standard InChI is InChI=1S/C104H54F20N16/c105-85-81(86(106)94(114)101(121)93(85)113)73-45-137(133-129-73)41-49-11-13-61(43-139-47-75(131-135-139)83-89(109)97(117)103(123)98(118)90(83)110)63(39-49)55-21-27-59(28-22-55)79-69-33-31-65(125-69)77(57-9-5-2-6-10-57)66-32-34-70(126-66)80(72-38-36-68(128-72)78(67-35-37-71(79)127-67)58-25-19-54(20-26-58)53-17-15-52(16-18-53)51-7-3-1-4-8-51)60-29-23-56(24-30-60)64-40-50(42-138-46-74(130-134-138)82-87(107)95(115)102(122)96(116)88(82)108)12-14-62(64)44-140-48-76(132-136-140)84-91(111)99(119)104(124)100(120)92(84)112/h1-40,45-48,125,128H,41-44H2. The van der Waals surface area contributed by atoms with Crippen LogP contribution in [-0.2, 0) is 26.2 Å². The molecule has 2 aliphatic heterocycles. The second-order valence-electron chi connectivity index (χ2n) is 32.5. The maximum atomic E-state index is 15.3. The van der Waals surface area contributed by atoms with Crippen molar-refractivity contribution in [1.82, 2.24) is 79.9 Å². The SMILES string of the molecule is Fc1c(F)c(F)c(-c2cn(Cc3ccc(Cn4cc(-c5c(F)c(F)c(F)c(F)c5F)nn4)c(-c4ccc(-c5c6nc(c(-c7ccc(-c8ccc(-c9ccccc9)cc8)cc7)c7ccc([nH]7)c(-c7ccc(-c8cc(Cn9cc(-c%10c(F)c(F)c(F)c(F)c%10F)nn9)ccc8Cn8cc(-c9c(F)c(F)c(F)c(F)c9F)nn8)cc7)c7nc(c(-c8ccccc8)c8ccc5[nH]8)C=C7)C=C6)cc4)c3)nn2)c(F)c1F. The van der Waals surface area contributed by atoms with Crippen LogP contribution in [0.15, 0.2) is 243 Å². The van der Waals surface area contributed by atoms with Gasteiger partial charge in [-0.3, -0.25) is 0 Å². The molecule has 2 N–H and O–H groups in total. The van der Waals surface area contributed by atoms with Gasteiger partial charge in [-0.15, -0.1) is 20.4 Å². The normalized spacial score (nSPS) is 11.9. The monoisotopic (exact) mass is 1910 g/mol. The average molecular weight is 1910 g/mol. The van der Waals surface area contributed by atoms with Gasteiger partial charge in [-0.1, -0.05) is 203 Å². The van der Waals surface area contributed by atoms with Crippen LogP contribution >= 0.6 is 0 Å². The van der Waals surface area contributed by atoms with Crippen molar-refractivity contribution in [2.24, 2.45) is 0 Å². The molecule has 0 unspecified atom stereocenters. The molecule has 0 spiro atoms. The van der Waals surface area contributed by atoms with Crippen LogP contribution in [0.5, 0.6) is 0 Å². The van der Waals surface area contributed by atoms with E-state index in [1.807, 2.05) is 182 Å². The topological polar surface area (TPSA) is 180 Å². The van der Waals surface area contributed by atoms with E-state index >= 15 is 35.1 Å². The van der Waals surface area contributed by atoms with Crippen LogP contribution in [0, 0.1) is 116 Å². The van der Waals surface area contributed by atoms with Gasteiger partial charge in [0.1, 0.15) is 22.8 Å². The van der Waals surface area contributed by atoms with Crippen molar-refractivity contribution in [3.05, 3.63) is 405 Å². The summed E-state index contributed by atoms with van der Waals surface area (Å²) >= 11 is 0. The molecule has 0 atom stereocenters. The molecule has 0 amide bonds. The van der Waals surface area contributed by atoms with Gasteiger partial charge in [0.15, 0.2) is 93.1 Å². The van der Waals surface area contributed by atoms with Crippen LogP contribution in [0.1, 0.15) is 45.0 Å². The van der Waals surface area contributed by atoms with Crippen molar-refractivity contribution in [3.63, 3.8) is 0 Å². The molecule has 9 heterocycles. The van der Waals surface area contributed by atoms with E-state index in [1.165, 1.54) is 0 Å². The van der Waals surface area contributed by atoms with Crippen LogP contribution in [0.4, 0.5) is 87.8 Å². The first-order valence-corrected chi connectivity index (χ1v) is 42.3. The van der Waals surface area contributed by atoms with Gasteiger partial charge in [0.25, 0.3) is 0 Å². The molecule has 12 aromatic carbocycles. The Labute approximate surface area is 775 Å². The molecule has 21 rings (SSSR count). The first kappa shape index (κ1) is 89.0. The number of nitrogens with zero attached hydrogens (tertiary/aromatic N) is 14. The Bertz CT molecular complexity index is 8120. The highest BCUT2D eigenvalue weighted by Crippen LogP contribution is 2.44. The third kappa shape index (κ3) is 15.9. The predicted octanol–water partition coefficient (Wildman–Crippen LogP) is 26.0. The van der Waals surface area contributed by atoms with E-state index in [4.69, 9.17) is 9.97 Å². The van der Waals surface area contributed by atoms with Crippen molar-refractivity contribution in [1.29, 1.82) is 0 Å². The number of halogens is 20. The van der Waals surface area contributed by atoms with Gasteiger partial charge >= 0.3 is 0 Å². The zero-order chi connectivity index (χ0) is 97.1. The molecular formula is C104H54F20N16. The molecule has 0 radical (unpaired) electrons. The number of aromatic nitrogens is 16. The second-order valence-corrected chi connectivity index (χ2v) is 32.5. The van der Waals surface area contributed by atoms with Gasteiger partial charge in [-0.25, -0.2) is 117 Å². The maximum Gasteiger partial charge on any atom is 0.200 e. The van der Waals surface area contributed by atoms with E-state index in [2.05, 4.69) is 51.2 Å². The highest BCUT2D eigenvalue weighted by atomic mass is 19.2. The Morgan fingerprint density at radius 3 is 0.679 bits per heavy atom. The lowest BCUT2D eigenvalue weighted by molar-refractivity contribution is 0.381. The van der Waals surface area contributed by atoms with Crippen LogP contribution in [0.3, 0.4) is 0 Å². The molecule has 7 aromatic heterocycles. The number of hydrogen-bond donors (Lipinski definition) is 2. The molecule has 0 saturated carbocycles. The Morgan fingerprint density at radius 2 is 0.414 bits per heavy atom. The van der Waals surface area contributed by atoms with Crippen LogP contribution in [-0.4, -0.2) is 79.9 Å². The fourth-order valence-corrected chi connectivity index (χ4v) is 17.2. The van der Waals surface area contributed by atoms with Crippen molar-refractivity contribution in [3.8, 4) is 134 Å². The number of rotatable bonds is 20. The fraction of sp³-hybridized carbons (Fsp3) is 0.0385. The van der Waals surface area contributed by atoms with Gasteiger partial charge in [0, 0.05) is 44.3 Å². The minimum Gasteiger partial charge on any atom is -0.354 e. The first-order chi connectivity index (χ1) is 67.6. The molecule has 36 heteroatoms. The Morgan fingerprint density at radius 1 is 0.200 bits per heavy atom. The summed E-state index contributed by atoms with van der Waals surface area (Å²) in [4.78, 5) is 18.5. The van der Waals surface area contributed by atoms with Crippen LogP contribution < -0.4 is 0 Å². The molecule has 0 saturated heterocycles. The Kier molecular flexibility index (Phi) is 22.6. The fourth-order valence-electron chi connectivity index (χ4n) is 17.2.